The second-order valence-corrected chi connectivity index (χ2v) is 10.4. The number of carbonyl (C=O) groups excluding carboxylic acids is 1. The number of benzene rings is 3. The predicted octanol–water partition coefficient (Wildman–Crippen LogP) is 4.93. The van der Waals surface area contributed by atoms with Gasteiger partial charge in [0.05, 0.1) is 30.3 Å². The van der Waals surface area contributed by atoms with Crippen LogP contribution in [0, 0.1) is 11.6 Å². The van der Waals surface area contributed by atoms with Gasteiger partial charge in [0, 0.05) is 36.3 Å². The topological polar surface area (TPSA) is 94.6 Å². The number of nitrogens with one attached hydrogen (secondary N) is 1. The number of hydrogen-bond donors (Lipinski definition) is 2. The van der Waals surface area contributed by atoms with Crippen molar-refractivity contribution >= 4 is 34.7 Å². The Morgan fingerprint density at radius 3 is 2.70 bits per heavy atom. The Morgan fingerprint density at radius 2 is 1.88 bits per heavy atom. The van der Waals surface area contributed by atoms with Crippen molar-refractivity contribution in [2.24, 2.45) is 5.73 Å². The molecule has 4 heterocycles. The third-order valence-electron chi connectivity index (χ3n) is 7.94. The van der Waals surface area contributed by atoms with Crippen molar-refractivity contribution in [3.63, 3.8) is 0 Å². The molecule has 10 heteroatoms. The van der Waals surface area contributed by atoms with Crippen molar-refractivity contribution < 1.29 is 23.0 Å². The van der Waals surface area contributed by atoms with Crippen LogP contribution in [-0.4, -0.2) is 52.8 Å². The summed E-state index contributed by atoms with van der Waals surface area (Å²) in [4.78, 5) is 19.0. The minimum absolute atomic E-state index is 0.102. The predicted molar refractivity (Wildman–Crippen MR) is 147 cm³/mol. The standard InChI is InChI=1S/C30H27F2N5O3/c31-19-2-4-23-18(11-19)15-40-28-12-20(32)3-5-24(28)25(23)9-17-1-6-27-26(10-17)34-30(35-29(33)38)37(27)21-13-22-16-39-8-7-36(22)14-21/h1-6,9-12,21-22H,7-8,13-16H2,(H3,33,34,35,38)/t21-,22+/m0/s1. The van der Waals surface area contributed by atoms with Gasteiger partial charge in [0.1, 0.15) is 24.0 Å². The molecule has 2 amide bonds. The molecule has 2 atom stereocenters. The van der Waals surface area contributed by atoms with E-state index >= 15 is 0 Å². The van der Waals surface area contributed by atoms with E-state index in [0.29, 0.717) is 41.0 Å². The molecule has 0 unspecified atom stereocenters. The molecule has 0 bridgehead atoms. The Labute approximate surface area is 229 Å². The summed E-state index contributed by atoms with van der Waals surface area (Å²) in [5, 5.41) is 2.70. The van der Waals surface area contributed by atoms with Crippen LogP contribution in [0.1, 0.15) is 34.7 Å². The first-order valence-electron chi connectivity index (χ1n) is 13.3. The number of carbonyl (C=O) groups is 1. The van der Waals surface area contributed by atoms with Crippen LogP contribution in [0.25, 0.3) is 22.7 Å². The van der Waals surface area contributed by atoms with Gasteiger partial charge in [-0.2, -0.15) is 0 Å². The van der Waals surface area contributed by atoms with E-state index in [4.69, 9.17) is 20.2 Å². The lowest BCUT2D eigenvalue weighted by atomic mass is 9.92. The van der Waals surface area contributed by atoms with E-state index in [1.807, 2.05) is 24.3 Å². The first-order chi connectivity index (χ1) is 19.4. The van der Waals surface area contributed by atoms with Crippen molar-refractivity contribution in [3.8, 4) is 5.75 Å². The maximum absolute atomic E-state index is 14.1. The summed E-state index contributed by atoms with van der Waals surface area (Å²) in [5.41, 5.74) is 10.9. The minimum atomic E-state index is -0.677. The Morgan fingerprint density at radius 1 is 1.05 bits per heavy atom. The second-order valence-electron chi connectivity index (χ2n) is 10.4. The molecule has 0 aliphatic carbocycles. The fourth-order valence-corrected chi connectivity index (χ4v) is 6.17. The van der Waals surface area contributed by atoms with Gasteiger partial charge in [-0.3, -0.25) is 10.2 Å². The Hall–Kier alpha value is -4.28. The largest absolute Gasteiger partial charge is 0.488 e. The molecular formula is C30H27F2N5O3. The molecule has 0 spiro atoms. The van der Waals surface area contributed by atoms with E-state index < -0.39 is 11.8 Å². The van der Waals surface area contributed by atoms with Crippen LogP contribution in [-0.2, 0) is 11.3 Å². The number of imidazole rings is 1. The number of nitrogens with zero attached hydrogens (tertiary/aromatic N) is 3. The molecule has 204 valence electrons. The zero-order valence-corrected chi connectivity index (χ0v) is 21.6. The number of aromatic nitrogens is 2. The highest BCUT2D eigenvalue weighted by Crippen LogP contribution is 2.40. The van der Waals surface area contributed by atoms with Crippen molar-refractivity contribution in [3.05, 3.63) is 88.5 Å². The fraction of sp³-hybridized carbons (Fsp3) is 0.267. The quantitative estimate of drug-likeness (QED) is 0.382. The molecular weight excluding hydrogens is 516 g/mol. The van der Waals surface area contributed by atoms with Crippen molar-refractivity contribution in [1.82, 2.24) is 14.5 Å². The summed E-state index contributed by atoms with van der Waals surface area (Å²) in [6, 6.07) is 14.6. The maximum atomic E-state index is 14.1. The fourth-order valence-electron chi connectivity index (χ4n) is 6.17. The van der Waals surface area contributed by atoms with E-state index in [2.05, 4.69) is 14.8 Å². The molecule has 2 saturated heterocycles. The molecule has 8 nitrogen and oxygen atoms in total. The second kappa shape index (κ2) is 9.72. The number of nitrogens with two attached hydrogens (primary N) is 1. The molecule has 3 N–H and O–H groups in total. The maximum Gasteiger partial charge on any atom is 0.318 e. The monoisotopic (exact) mass is 543 g/mol. The van der Waals surface area contributed by atoms with E-state index in [0.717, 1.165) is 48.3 Å². The molecule has 2 fully saturated rings. The van der Waals surface area contributed by atoms with Gasteiger partial charge in [-0.05, 0) is 65.6 Å². The summed E-state index contributed by atoms with van der Waals surface area (Å²) < 4.78 is 41.8. The van der Waals surface area contributed by atoms with Crippen LogP contribution >= 0.6 is 0 Å². The molecule has 7 rings (SSSR count). The Kier molecular flexibility index (Phi) is 6.01. The Balaban J connectivity index is 1.34. The van der Waals surface area contributed by atoms with Gasteiger partial charge in [-0.1, -0.05) is 12.1 Å². The summed E-state index contributed by atoms with van der Waals surface area (Å²) in [6.07, 6.45) is 2.85. The van der Waals surface area contributed by atoms with Gasteiger partial charge in [0.25, 0.3) is 0 Å². The first kappa shape index (κ1) is 24.7. The number of ether oxygens (including phenoxy) is 2. The third kappa shape index (κ3) is 4.39. The SMILES string of the molecule is NC(=O)Nc1nc2cc(C=C3c4ccc(F)cc4COc4cc(F)ccc43)ccc2n1[C@H]1C[C@@H]2COCCN2C1. The van der Waals surface area contributed by atoms with Gasteiger partial charge >= 0.3 is 6.03 Å². The van der Waals surface area contributed by atoms with E-state index in [1.165, 1.54) is 24.3 Å². The van der Waals surface area contributed by atoms with Crippen molar-refractivity contribution in [2.75, 3.05) is 31.6 Å². The van der Waals surface area contributed by atoms with Gasteiger partial charge in [0.2, 0.25) is 5.95 Å². The first-order valence-corrected chi connectivity index (χ1v) is 13.3. The molecule has 0 saturated carbocycles. The number of urea groups is 1. The minimum Gasteiger partial charge on any atom is -0.488 e. The van der Waals surface area contributed by atoms with Gasteiger partial charge < -0.3 is 19.8 Å². The number of fused-ring (bicyclic) bond motifs is 4. The van der Waals surface area contributed by atoms with E-state index in [-0.39, 0.29) is 18.5 Å². The van der Waals surface area contributed by atoms with Crippen molar-refractivity contribution in [2.45, 2.75) is 25.1 Å². The van der Waals surface area contributed by atoms with Crippen LogP contribution in [0.3, 0.4) is 0 Å². The average molecular weight is 544 g/mol. The molecule has 3 aromatic carbocycles. The Bertz CT molecular complexity index is 1610. The number of morpholine rings is 1. The smallest absolute Gasteiger partial charge is 0.318 e. The highest BCUT2D eigenvalue weighted by molar-refractivity contribution is 5.96. The molecule has 1 aromatic heterocycles. The number of anilines is 1. The normalized spacial score (nSPS) is 21.4. The van der Waals surface area contributed by atoms with Gasteiger partial charge in [-0.25, -0.2) is 18.6 Å². The number of primary amides is 1. The summed E-state index contributed by atoms with van der Waals surface area (Å²) in [6.45, 7) is 3.25. The highest BCUT2D eigenvalue weighted by Gasteiger charge is 2.36. The van der Waals surface area contributed by atoms with Gasteiger partial charge in [-0.15, -0.1) is 0 Å². The molecule has 4 aromatic rings. The van der Waals surface area contributed by atoms with E-state index in [9.17, 15) is 13.6 Å². The lowest BCUT2D eigenvalue weighted by molar-refractivity contribution is 0.0128. The lowest BCUT2D eigenvalue weighted by Crippen LogP contribution is -2.40. The van der Waals surface area contributed by atoms with Crippen LogP contribution in [0.2, 0.25) is 0 Å². The third-order valence-corrected chi connectivity index (χ3v) is 7.94. The van der Waals surface area contributed by atoms with E-state index in [1.54, 1.807) is 12.1 Å². The number of rotatable bonds is 3. The zero-order chi connectivity index (χ0) is 27.4. The van der Waals surface area contributed by atoms with Crippen LogP contribution in [0.15, 0.2) is 54.6 Å². The average Bonchev–Trinajstić information content (AvgIpc) is 3.47. The number of halogens is 2. The van der Waals surface area contributed by atoms with Gasteiger partial charge in [0.15, 0.2) is 0 Å². The zero-order valence-electron chi connectivity index (χ0n) is 21.6. The number of hydrogen-bond acceptors (Lipinski definition) is 5. The van der Waals surface area contributed by atoms with Crippen LogP contribution in [0.4, 0.5) is 19.5 Å². The van der Waals surface area contributed by atoms with Crippen molar-refractivity contribution in [1.29, 1.82) is 0 Å². The summed E-state index contributed by atoms with van der Waals surface area (Å²) in [7, 11) is 0. The number of amides is 2. The molecule has 40 heavy (non-hydrogen) atoms. The molecule has 3 aliphatic heterocycles. The van der Waals surface area contributed by atoms with Crippen LogP contribution < -0.4 is 15.8 Å². The highest BCUT2D eigenvalue weighted by atomic mass is 19.1. The molecule has 3 aliphatic rings. The molecule has 0 radical (unpaired) electrons. The summed E-state index contributed by atoms with van der Waals surface area (Å²) in [5.74, 6) is 0.0201. The van der Waals surface area contributed by atoms with Crippen LogP contribution in [0.5, 0.6) is 5.75 Å². The summed E-state index contributed by atoms with van der Waals surface area (Å²) >= 11 is 0. The lowest BCUT2D eigenvalue weighted by Gasteiger charge is -2.28.